The predicted molar refractivity (Wildman–Crippen MR) is 112 cm³/mol. The molecule has 0 spiro atoms. The minimum Gasteiger partial charge on any atom is -0.363 e. The molecule has 1 atom stereocenters. The first kappa shape index (κ1) is 19.5. The van der Waals surface area contributed by atoms with Crippen molar-refractivity contribution in [2.75, 3.05) is 10.6 Å². The van der Waals surface area contributed by atoms with Crippen LogP contribution in [0.15, 0.2) is 60.7 Å². The number of halogens is 2. The lowest BCUT2D eigenvalue weighted by molar-refractivity contribution is 0.566. The molecule has 152 valence electrons. The van der Waals surface area contributed by atoms with Crippen molar-refractivity contribution in [2.24, 2.45) is 0 Å². The Morgan fingerprint density at radius 2 is 1.67 bits per heavy atom. The molecule has 30 heavy (non-hydrogen) atoms. The molecule has 4 rings (SSSR count). The van der Waals surface area contributed by atoms with Crippen LogP contribution in [0.3, 0.4) is 0 Å². The van der Waals surface area contributed by atoms with E-state index >= 15 is 0 Å². The highest BCUT2D eigenvalue weighted by atomic mass is 19.1. The molecule has 0 saturated heterocycles. The Labute approximate surface area is 172 Å². The minimum absolute atomic E-state index is 0.349. The third-order valence-electron chi connectivity index (χ3n) is 4.55. The lowest BCUT2D eigenvalue weighted by atomic mass is 10.1. The van der Waals surface area contributed by atoms with Gasteiger partial charge in [0.05, 0.1) is 11.7 Å². The van der Waals surface area contributed by atoms with E-state index in [0.717, 1.165) is 17.3 Å². The fourth-order valence-corrected chi connectivity index (χ4v) is 3.14. The molecule has 8 heteroatoms. The van der Waals surface area contributed by atoms with Gasteiger partial charge in [0, 0.05) is 23.8 Å². The predicted octanol–water partition coefficient (Wildman–Crippen LogP) is 5.37. The highest BCUT2D eigenvalue weighted by Crippen LogP contribution is 2.25. The maximum Gasteiger partial charge on any atom is 0.153 e. The van der Waals surface area contributed by atoms with Crippen LogP contribution in [0.1, 0.15) is 24.4 Å². The lowest BCUT2D eigenvalue weighted by Gasteiger charge is -2.16. The van der Waals surface area contributed by atoms with Crippen molar-refractivity contribution < 1.29 is 8.78 Å². The molecule has 2 aromatic heterocycles. The number of aromatic nitrogens is 4. The molecule has 0 aliphatic heterocycles. The Bertz CT molecular complexity index is 1160. The number of H-pyrrole nitrogens is 1. The number of aromatic amines is 1. The Morgan fingerprint density at radius 3 is 2.43 bits per heavy atom. The van der Waals surface area contributed by atoms with Crippen LogP contribution in [0.5, 0.6) is 0 Å². The number of rotatable bonds is 6. The molecule has 0 fully saturated rings. The summed E-state index contributed by atoms with van der Waals surface area (Å²) in [5, 5.41) is 13.6. The van der Waals surface area contributed by atoms with E-state index in [9.17, 15) is 8.78 Å². The van der Waals surface area contributed by atoms with Gasteiger partial charge in [0.1, 0.15) is 29.1 Å². The number of benzene rings is 2. The van der Waals surface area contributed by atoms with Crippen LogP contribution in [0, 0.1) is 18.6 Å². The smallest absolute Gasteiger partial charge is 0.153 e. The minimum atomic E-state index is -0.610. The van der Waals surface area contributed by atoms with Crippen LogP contribution in [-0.4, -0.2) is 20.2 Å². The summed E-state index contributed by atoms with van der Waals surface area (Å²) < 4.78 is 27.2. The average molecular weight is 406 g/mol. The van der Waals surface area contributed by atoms with Crippen molar-refractivity contribution in [1.29, 1.82) is 0 Å². The topological polar surface area (TPSA) is 78.5 Å². The SMILES string of the molecule is Cc1nc(Nc2cc(-c3ccccc3)[nH]n2)cc(NC(C)c2ccc(F)cc2F)n1. The number of anilines is 3. The van der Waals surface area contributed by atoms with Gasteiger partial charge < -0.3 is 10.6 Å². The number of aryl methyl sites for hydroxylation is 1. The van der Waals surface area contributed by atoms with Gasteiger partial charge in [-0.25, -0.2) is 18.7 Å². The highest BCUT2D eigenvalue weighted by molar-refractivity contribution is 5.65. The summed E-state index contributed by atoms with van der Waals surface area (Å²) in [5.41, 5.74) is 2.25. The average Bonchev–Trinajstić information content (AvgIpc) is 3.16. The van der Waals surface area contributed by atoms with E-state index < -0.39 is 17.7 Å². The maximum atomic E-state index is 14.1. The van der Waals surface area contributed by atoms with Crippen molar-refractivity contribution >= 4 is 17.5 Å². The number of hydrogen-bond acceptors (Lipinski definition) is 5. The third kappa shape index (κ3) is 4.43. The first-order valence-corrected chi connectivity index (χ1v) is 9.43. The van der Waals surface area contributed by atoms with Crippen LogP contribution >= 0.6 is 0 Å². The van der Waals surface area contributed by atoms with Crippen molar-refractivity contribution in [1.82, 2.24) is 20.2 Å². The number of nitrogens with one attached hydrogen (secondary N) is 3. The zero-order valence-corrected chi connectivity index (χ0v) is 16.4. The summed E-state index contributed by atoms with van der Waals surface area (Å²) in [4.78, 5) is 8.73. The second-order valence-electron chi connectivity index (χ2n) is 6.88. The van der Waals surface area contributed by atoms with Crippen LogP contribution < -0.4 is 10.6 Å². The molecule has 3 N–H and O–H groups in total. The van der Waals surface area contributed by atoms with Gasteiger partial charge in [-0.15, -0.1) is 0 Å². The Morgan fingerprint density at radius 1 is 0.900 bits per heavy atom. The van der Waals surface area contributed by atoms with Gasteiger partial charge in [-0.3, -0.25) is 5.10 Å². The second-order valence-corrected chi connectivity index (χ2v) is 6.88. The van der Waals surface area contributed by atoms with Crippen molar-refractivity contribution in [3.05, 3.63) is 83.7 Å². The van der Waals surface area contributed by atoms with Crippen LogP contribution in [0.4, 0.5) is 26.2 Å². The monoisotopic (exact) mass is 406 g/mol. The van der Waals surface area contributed by atoms with E-state index in [1.165, 1.54) is 12.1 Å². The highest BCUT2D eigenvalue weighted by Gasteiger charge is 2.13. The van der Waals surface area contributed by atoms with E-state index in [0.29, 0.717) is 28.8 Å². The van der Waals surface area contributed by atoms with Crippen LogP contribution in [0.2, 0.25) is 0 Å². The van der Waals surface area contributed by atoms with Gasteiger partial charge in [0.15, 0.2) is 5.82 Å². The molecule has 0 aliphatic carbocycles. The summed E-state index contributed by atoms with van der Waals surface area (Å²) in [6.45, 7) is 3.54. The zero-order valence-electron chi connectivity index (χ0n) is 16.4. The molecule has 0 amide bonds. The second kappa shape index (κ2) is 8.28. The van der Waals surface area contributed by atoms with Gasteiger partial charge in [-0.2, -0.15) is 5.10 Å². The maximum absolute atomic E-state index is 14.1. The van der Waals surface area contributed by atoms with Gasteiger partial charge in [-0.1, -0.05) is 36.4 Å². The third-order valence-corrected chi connectivity index (χ3v) is 4.55. The van der Waals surface area contributed by atoms with Gasteiger partial charge in [0.25, 0.3) is 0 Å². The molecule has 6 nitrogen and oxygen atoms in total. The molecule has 1 unspecified atom stereocenters. The van der Waals surface area contributed by atoms with E-state index in [1.54, 1.807) is 19.9 Å². The fraction of sp³-hybridized carbons (Fsp3) is 0.136. The van der Waals surface area contributed by atoms with Crippen molar-refractivity contribution in [3.63, 3.8) is 0 Å². The van der Waals surface area contributed by atoms with Gasteiger partial charge in [-0.05, 0) is 25.5 Å². The summed E-state index contributed by atoms with van der Waals surface area (Å²) in [6, 6.07) is 16.6. The number of nitrogens with zero attached hydrogens (tertiary/aromatic N) is 3. The Kier molecular flexibility index (Phi) is 5.38. The van der Waals surface area contributed by atoms with Crippen molar-refractivity contribution in [2.45, 2.75) is 19.9 Å². The normalized spacial score (nSPS) is 11.9. The quantitative estimate of drug-likeness (QED) is 0.401. The lowest BCUT2D eigenvalue weighted by Crippen LogP contribution is -2.11. The molecule has 0 radical (unpaired) electrons. The largest absolute Gasteiger partial charge is 0.363 e. The molecular formula is C22H20F2N6. The van der Waals surface area contributed by atoms with Crippen LogP contribution in [0.25, 0.3) is 11.3 Å². The molecular weight excluding hydrogens is 386 g/mol. The molecule has 0 bridgehead atoms. The first-order chi connectivity index (χ1) is 14.5. The fourth-order valence-electron chi connectivity index (χ4n) is 3.14. The van der Waals surface area contributed by atoms with E-state index in [4.69, 9.17) is 0 Å². The molecule has 0 saturated carbocycles. The Hall–Kier alpha value is -3.81. The summed E-state index contributed by atoms with van der Waals surface area (Å²) in [6.07, 6.45) is 0. The zero-order chi connectivity index (χ0) is 21.1. The van der Waals surface area contributed by atoms with E-state index in [2.05, 4.69) is 30.8 Å². The summed E-state index contributed by atoms with van der Waals surface area (Å²) in [5.74, 6) is 0.984. The molecule has 2 heterocycles. The summed E-state index contributed by atoms with van der Waals surface area (Å²) >= 11 is 0. The van der Waals surface area contributed by atoms with E-state index in [-0.39, 0.29) is 0 Å². The number of hydrogen-bond donors (Lipinski definition) is 3. The van der Waals surface area contributed by atoms with Gasteiger partial charge in [0.2, 0.25) is 0 Å². The van der Waals surface area contributed by atoms with Crippen molar-refractivity contribution in [3.8, 4) is 11.3 Å². The molecule has 4 aromatic rings. The standard InChI is InChI=1S/C22H20F2N6/c1-13(17-9-8-16(23)10-18(17)24)25-20-12-21(27-14(2)26-20)28-22-11-19(29-30-22)15-6-4-3-5-7-15/h3-13H,1-2H3,(H3,25,26,27,28,29,30). The summed E-state index contributed by atoms with van der Waals surface area (Å²) in [7, 11) is 0. The van der Waals surface area contributed by atoms with Crippen LogP contribution in [-0.2, 0) is 0 Å². The Balaban J connectivity index is 1.51. The van der Waals surface area contributed by atoms with E-state index in [1.807, 2.05) is 36.4 Å². The molecule has 0 aliphatic rings. The first-order valence-electron chi connectivity index (χ1n) is 9.43. The molecule has 2 aromatic carbocycles. The van der Waals surface area contributed by atoms with Gasteiger partial charge >= 0.3 is 0 Å².